The van der Waals surface area contributed by atoms with E-state index < -0.39 is 9.84 Å². The Morgan fingerprint density at radius 2 is 1.50 bits per heavy atom. The van der Waals surface area contributed by atoms with E-state index in [1.165, 1.54) is 11.8 Å². The van der Waals surface area contributed by atoms with Crippen LogP contribution in [0.1, 0.15) is 23.1 Å². The van der Waals surface area contributed by atoms with Crippen LogP contribution in [0.4, 0.5) is 0 Å². The van der Waals surface area contributed by atoms with Gasteiger partial charge in [-0.1, -0.05) is 66.2 Å². The molecule has 0 unspecified atom stereocenters. The van der Waals surface area contributed by atoms with Crippen LogP contribution in [0, 0.1) is 0 Å². The molecule has 164 valence electrons. The molecule has 32 heavy (non-hydrogen) atoms. The molecule has 3 aromatic rings. The Bertz CT molecular complexity index is 1250. The van der Waals surface area contributed by atoms with Crippen molar-refractivity contribution in [3.63, 3.8) is 0 Å². The molecule has 0 spiro atoms. The summed E-state index contributed by atoms with van der Waals surface area (Å²) in [6.07, 6.45) is 2.63. The second kappa shape index (κ2) is 9.31. The van der Waals surface area contributed by atoms with Gasteiger partial charge in [0.05, 0.1) is 4.90 Å². The first-order valence-electron chi connectivity index (χ1n) is 10.5. The molecule has 0 atom stereocenters. The summed E-state index contributed by atoms with van der Waals surface area (Å²) in [6, 6.07) is 24.3. The molecule has 1 aliphatic heterocycles. The quantitative estimate of drug-likeness (QED) is 0.480. The number of nitrogens with zero attached hydrogens (tertiary/aromatic N) is 1. The molecule has 0 aromatic heterocycles. The number of sulfone groups is 1. The Hall–Kier alpha value is -2.89. The van der Waals surface area contributed by atoms with Crippen molar-refractivity contribution in [3.8, 4) is 0 Å². The van der Waals surface area contributed by atoms with Gasteiger partial charge in [-0.15, -0.1) is 0 Å². The van der Waals surface area contributed by atoms with Crippen LogP contribution in [-0.2, 0) is 21.1 Å². The lowest BCUT2D eigenvalue weighted by Crippen LogP contribution is -2.27. The Balaban J connectivity index is 1.69. The summed E-state index contributed by atoms with van der Waals surface area (Å²) in [4.78, 5) is 15.5. The van der Waals surface area contributed by atoms with E-state index in [1.807, 2.05) is 35.2 Å². The minimum Gasteiger partial charge on any atom is -0.338 e. The van der Waals surface area contributed by atoms with Crippen molar-refractivity contribution in [1.82, 2.24) is 4.90 Å². The number of rotatable bonds is 6. The third-order valence-electron chi connectivity index (χ3n) is 5.70. The van der Waals surface area contributed by atoms with Crippen LogP contribution in [0.25, 0.3) is 5.57 Å². The Labute approximate surface area is 194 Å². The lowest BCUT2D eigenvalue weighted by molar-refractivity contribution is -0.124. The lowest BCUT2D eigenvalue weighted by Gasteiger charge is -2.16. The highest BCUT2D eigenvalue weighted by Crippen LogP contribution is 2.33. The number of hydrogen-bond acceptors (Lipinski definition) is 3. The highest BCUT2D eigenvalue weighted by Gasteiger charge is 2.29. The standard InChI is InChI=1S/C26H24ClNO3S/c1-32(30,31)23-13-9-21(10-14-23)25(20-7-11-22(27)12-8-20)24-16-18-28(26(24)29)17-15-19-5-3-2-4-6-19/h2-14H,15-18H2,1H3/b25-24+. The zero-order chi connectivity index (χ0) is 22.7. The van der Waals surface area contributed by atoms with Gasteiger partial charge in [-0.05, 0) is 59.4 Å². The second-order valence-corrected chi connectivity index (χ2v) is 10.4. The van der Waals surface area contributed by atoms with E-state index in [-0.39, 0.29) is 10.8 Å². The first-order valence-corrected chi connectivity index (χ1v) is 12.7. The summed E-state index contributed by atoms with van der Waals surface area (Å²) in [5.74, 6) is 0.0260. The van der Waals surface area contributed by atoms with E-state index in [2.05, 4.69) is 12.1 Å². The van der Waals surface area contributed by atoms with Gasteiger partial charge in [-0.2, -0.15) is 0 Å². The van der Waals surface area contributed by atoms with Gasteiger partial charge in [0.15, 0.2) is 9.84 Å². The minimum atomic E-state index is -3.30. The molecular weight excluding hydrogens is 442 g/mol. The molecule has 1 heterocycles. The molecule has 4 nitrogen and oxygen atoms in total. The average Bonchev–Trinajstić information content (AvgIpc) is 3.14. The first-order chi connectivity index (χ1) is 15.3. The van der Waals surface area contributed by atoms with E-state index in [0.717, 1.165) is 28.7 Å². The fraction of sp³-hybridized carbons (Fsp3) is 0.192. The van der Waals surface area contributed by atoms with Crippen LogP contribution < -0.4 is 0 Å². The summed E-state index contributed by atoms with van der Waals surface area (Å²) in [5.41, 5.74) is 4.47. The number of halogens is 1. The topological polar surface area (TPSA) is 54.5 Å². The van der Waals surface area contributed by atoms with Crippen LogP contribution in [0.5, 0.6) is 0 Å². The summed E-state index contributed by atoms with van der Waals surface area (Å²) in [7, 11) is -3.30. The number of carbonyl (C=O) groups is 1. The predicted octanol–water partition coefficient (Wildman–Crippen LogP) is 5.02. The monoisotopic (exact) mass is 465 g/mol. The van der Waals surface area contributed by atoms with E-state index in [0.29, 0.717) is 24.5 Å². The van der Waals surface area contributed by atoms with Gasteiger partial charge in [-0.25, -0.2) is 8.42 Å². The van der Waals surface area contributed by atoms with E-state index in [9.17, 15) is 13.2 Å². The fourth-order valence-corrected chi connectivity index (χ4v) is 4.76. The largest absolute Gasteiger partial charge is 0.338 e. The maximum Gasteiger partial charge on any atom is 0.250 e. The molecule has 3 aromatic carbocycles. The summed E-state index contributed by atoms with van der Waals surface area (Å²) >= 11 is 6.09. The lowest BCUT2D eigenvalue weighted by atomic mass is 9.92. The maximum atomic E-state index is 13.4. The molecule has 1 fully saturated rings. The highest BCUT2D eigenvalue weighted by atomic mass is 35.5. The molecule has 1 amide bonds. The van der Waals surface area contributed by atoms with Crippen LogP contribution in [0.15, 0.2) is 89.3 Å². The van der Waals surface area contributed by atoms with Crippen molar-refractivity contribution in [2.45, 2.75) is 17.7 Å². The van der Waals surface area contributed by atoms with Crippen molar-refractivity contribution in [1.29, 1.82) is 0 Å². The molecule has 0 N–H and O–H groups in total. The fourth-order valence-electron chi connectivity index (χ4n) is 4.00. The van der Waals surface area contributed by atoms with Crippen LogP contribution in [-0.4, -0.2) is 38.6 Å². The van der Waals surface area contributed by atoms with Crippen LogP contribution in [0.3, 0.4) is 0 Å². The van der Waals surface area contributed by atoms with Crippen LogP contribution >= 0.6 is 11.6 Å². The molecular formula is C26H24ClNO3S. The molecule has 0 radical (unpaired) electrons. The molecule has 1 saturated heterocycles. The SMILES string of the molecule is CS(=O)(=O)c1ccc(/C(=C2\CCN(CCc3ccccc3)C2=O)c2ccc(Cl)cc2)cc1. The van der Waals surface area contributed by atoms with E-state index in [4.69, 9.17) is 11.6 Å². The van der Waals surface area contributed by atoms with Gasteiger partial charge in [0.2, 0.25) is 0 Å². The number of benzene rings is 3. The van der Waals surface area contributed by atoms with Gasteiger partial charge >= 0.3 is 0 Å². The summed E-state index contributed by atoms with van der Waals surface area (Å²) in [5, 5.41) is 0.618. The summed E-state index contributed by atoms with van der Waals surface area (Å²) in [6.45, 7) is 1.33. The van der Waals surface area contributed by atoms with Gasteiger partial charge in [-0.3, -0.25) is 4.79 Å². The van der Waals surface area contributed by atoms with E-state index >= 15 is 0 Å². The van der Waals surface area contributed by atoms with Crippen molar-refractivity contribution in [2.75, 3.05) is 19.3 Å². The van der Waals surface area contributed by atoms with Crippen molar-refractivity contribution < 1.29 is 13.2 Å². The number of likely N-dealkylation sites (tertiary alicyclic amines) is 1. The Morgan fingerprint density at radius 3 is 2.09 bits per heavy atom. The molecule has 6 heteroatoms. The average molecular weight is 466 g/mol. The third kappa shape index (κ3) is 4.95. The van der Waals surface area contributed by atoms with Gasteiger partial charge in [0, 0.05) is 29.9 Å². The number of amides is 1. The summed E-state index contributed by atoms with van der Waals surface area (Å²) < 4.78 is 23.7. The first kappa shape index (κ1) is 22.3. The Kier molecular flexibility index (Phi) is 6.49. The van der Waals surface area contributed by atoms with Crippen molar-refractivity contribution >= 4 is 32.9 Å². The smallest absolute Gasteiger partial charge is 0.250 e. The van der Waals surface area contributed by atoms with Crippen molar-refractivity contribution in [3.05, 3.63) is 106 Å². The van der Waals surface area contributed by atoms with Gasteiger partial charge < -0.3 is 4.90 Å². The Morgan fingerprint density at radius 1 is 0.906 bits per heavy atom. The van der Waals surface area contributed by atoms with Crippen LogP contribution in [0.2, 0.25) is 5.02 Å². The molecule has 1 aliphatic rings. The van der Waals surface area contributed by atoms with Gasteiger partial charge in [0.25, 0.3) is 5.91 Å². The normalized spacial score (nSPS) is 15.8. The minimum absolute atomic E-state index is 0.0260. The predicted molar refractivity (Wildman–Crippen MR) is 128 cm³/mol. The molecule has 4 rings (SSSR count). The van der Waals surface area contributed by atoms with Crippen molar-refractivity contribution in [2.24, 2.45) is 0 Å². The zero-order valence-corrected chi connectivity index (χ0v) is 19.4. The maximum absolute atomic E-state index is 13.4. The zero-order valence-electron chi connectivity index (χ0n) is 17.8. The second-order valence-electron chi connectivity index (χ2n) is 7.93. The third-order valence-corrected chi connectivity index (χ3v) is 7.08. The molecule has 0 aliphatic carbocycles. The highest BCUT2D eigenvalue weighted by molar-refractivity contribution is 7.90. The number of hydrogen-bond donors (Lipinski definition) is 0. The number of carbonyl (C=O) groups excluding carboxylic acids is 1. The molecule has 0 saturated carbocycles. The van der Waals surface area contributed by atoms with Gasteiger partial charge in [0.1, 0.15) is 0 Å². The van der Waals surface area contributed by atoms with E-state index in [1.54, 1.807) is 36.4 Å². The molecule has 0 bridgehead atoms.